The first kappa shape index (κ1) is 65.0. The van der Waals surface area contributed by atoms with Crippen molar-refractivity contribution in [2.45, 2.75) is 76.5 Å². The Hall–Kier alpha value is -8.17. The predicted octanol–water partition coefficient (Wildman–Crippen LogP) is 6.74. The molecule has 3 aliphatic rings. The number of terminal acetylenes is 1. The number of urea groups is 1. The van der Waals surface area contributed by atoms with Crippen molar-refractivity contribution in [3.05, 3.63) is 88.1 Å². The lowest BCUT2D eigenvalue weighted by Crippen LogP contribution is -2.47. The van der Waals surface area contributed by atoms with Crippen LogP contribution >= 0.6 is 46.3 Å². The second kappa shape index (κ2) is 28.9. The summed E-state index contributed by atoms with van der Waals surface area (Å²) in [6.45, 7) is 14.1. The van der Waals surface area contributed by atoms with Crippen molar-refractivity contribution in [2.24, 2.45) is 10.4 Å². The smallest absolute Gasteiger partial charge is 0.335 e. The summed E-state index contributed by atoms with van der Waals surface area (Å²) in [5, 5.41) is 7.79. The zero-order valence-corrected chi connectivity index (χ0v) is 51.0. The van der Waals surface area contributed by atoms with Gasteiger partial charge in [-0.2, -0.15) is 37.7 Å². The number of carbonyl (C=O) groups excluding carboxylic acids is 4. The number of methoxy groups -OCH3 is 2. The number of hydrogen-bond acceptors (Lipinski definition) is 21. The van der Waals surface area contributed by atoms with Crippen LogP contribution in [0.15, 0.2) is 70.8 Å². The number of amides is 5. The Bertz CT molecular complexity index is 3580. The first-order chi connectivity index (χ1) is 39.8. The van der Waals surface area contributed by atoms with E-state index in [0.717, 1.165) is 31.0 Å². The Balaban J connectivity index is 0.000000187. The summed E-state index contributed by atoms with van der Waals surface area (Å²) in [6.07, 6.45) is 7.41. The minimum absolute atomic E-state index is 0.0672. The quantitative estimate of drug-likeness (QED) is 0.0687. The standard InChI is InChI=1S/C18H17FN4O2S.C15H18N6O6S.C11H11Cl2NO2.C8H14ClN5/c1-4-5-22-13-7-12(11(19)6-14(13)25-9-16(22)24)20-17-23-10-18(2,3)8-15(23)21-26-17;1-21(2)13(22)9-6-5-7-16-12(9)28(24,25)20-15(23)19-14-17-10(26-3)8-11(18-14)27-4;1-7-6-16-9-5-3-2-4-8(9)14(7)11(15)10(12)13;1-4-10-7-12-6(9)13-8(14-7)11-5(2)3/h1,6-7H,5,8-10H2,2-3H3;5-8H,1-4H3,(H2,17,18,19,20,23);2-5,7,10H,6H2,1H3;5H,4H2,1-3H3,(H2,10,11,12,13,14)/b20-17-;;;. The van der Waals surface area contributed by atoms with Crippen molar-refractivity contribution in [1.82, 2.24) is 48.5 Å². The molecule has 0 aliphatic carbocycles. The summed E-state index contributed by atoms with van der Waals surface area (Å²) >= 11 is 18.2. The van der Waals surface area contributed by atoms with Gasteiger partial charge in [0.1, 0.15) is 29.6 Å². The summed E-state index contributed by atoms with van der Waals surface area (Å²) in [7, 11) is 1.15. The van der Waals surface area contributed by atoms with Crippen LogP contribution in [-0.4, -0.2) is 147 Å². The molecule has 1 atom stereocenters. The zero-order chi connectivity index (χ0) is 61.6. The molecular weight excluding hydrogens is 1200 g/mol. The molecule has 0 saturated heterocycles. The van der Waals surface area contributed by atoms with E-state index in [1.807, 2.05) is 56.5 Å². The van der Waals surface area contributed by atoms with E-state index < -0.39 is 37.6 Å². The van der Waals surface area contributed by atoms with Crippen LogP contribution < -0.4 is 54.2 Å². The average Bonchev–Trinajstić information content (AvgIpc) is 2.55. The highest BCUT2D eigenvalue weighted by Gasteiger charge is 2.34. The topological polar surface area (TPSA) is 305 Å². The minimum atomic E-state index is -4.46. The molecule has 32 heteroatoms. The number of rotatable bonds is 13. The molecule has 7 heterocycles. The van der Waals surface area contributed by atoms with Gasteiger partial charge in [0.05, 0.1) is 49.8 Å². The molecule has 4 aromatic heterocycles. The number of para-hydroxylation sites is 2. The Kier molecular flexibility index (Phi) is 22.3. The summed E-state index contributed by atoms with van der Waals surface area (Å²) < 4.78 is 68.5. The zero-order valence-electron chi connectivity index (χ0n) is 47.1. The third kappa shape index (κ3) is 17.0. The van der Waals surface area contributed by atoms with E-state index in [2.05, 4.69) is 75.0 Å². The van der Waals surface area contributed by atoms with E-state index in [9.17, 15) is 32.0 Å². The van der Waals surface area contributed by atoms with E-state index >= 15 is 0 Å². The third-order valence-corrected chi connectivity index (χ3v) is 14.1. The Labute approximate surface area is 502 Å². The first-order valence-electron chi connectivity index (χ1n) is 25.3. The molecule has 3 aliphatic heterocycles. The molecule has 9 rings (SSSR count). The van der Waals surface area contributed by atoms with Gasteiger partial charge in [-0.25, -0.2) is 23.9 Å². The van der Waals surface area contributed by atoms with Crippen molar-refractivity contribution < 1.29 is 50.9 Å². The molecule has 0 fully saturated rings. The molecular formula is C52H60Cl3FN16O10S2. The number of nitrogens with one attached hydrogen (secondary N) is 4. The van der Waals surface area contributed by atoms with Crippen LogP contribution in [0.4, 0.5) is 44.1 Å². The SMILES string of the molecule is C#CCN1C(=O)COc2cc(F)c(/N=c3\snc4n3CC(C)(C)C4)cc21.CC1COc2ccccc2N1C(=O)C(Cl)Cl.CCNc1nc(Cl)nc(NC(C)C)n1.COc1cc(OC)nc(NC(=O)NS(=O)(=O)c2ncccc2C(=O)N(C)C)n1. The molecule has 448 valence electrons. The number of nitrogens with zero attached hydrogens (tertiary/aromatic N) is 12. The van der Waals surface area contributed by atoms with Crippen LogP contribution in [0.2, 0.25) is 5.28 Å². The van der Waals surface area contributed by atoms with Gasteiger partial charge in [0.2, 0.25) is 39.7 Å². The maximum absolute atomic E-state index is 14.5. The van der Waals surface area contributed by atoms with Crippen LogP contribution in [0.1, 0.15) is 57.7 Å². The lowest BCUT2D eigenvalue weighted by Gasteiger charge is -2.35. The molecule has 26 nitrogen and oxygen atoms in total. The van der Waals surface area contributed by atoms with Gasteiger partial charge < -0.3 is 43.9 Å². The second-order valence-electron chi connectivity index (χ2n) is 19.3. The molecule has 0 bridgehead atoms. The molecule has 0 radical (unpaired) electrons. The number of pyridine rings is 1. The van der Waals surface area contributed by atoms with Gasteiger partial charge in [0.25, 0.3) is 27.7 Å². The van der Waals surface area contributed by atoms with Crippen molar-refractivity contribution in [2.75, 3.05) is 80.4 Å². The Morgan fingerprint density at radius 3 is 2.31 bits per heavy atom. The summed E-state index contributed by atoms with van der Waals surface area (Å²) in [5.41, 5.74) is 1.21. The number of carbonyl (C=O) groups is 4. The number of halogens is 4. The molecule has 0 saturated carbocycles. The van der Waals surface area contributed by atoms with E-state index in [-0.39, 0.29) is 76.7 Å². The van der Waals surface area contributed by atoms with Crippen molar-refractivity contribution in [1.29, 1.82) is 0 Å². The summed E-state index contributed by atoms with van der Waals surface area (Å²) in [5.74, 6) is 3.62. The largest absolute Gasteiger partial charge is 0.489 e. The van der Waals surface area contributed by atoms with Crippen LogP contribution in [0, 0.1) is 23.6 Å². The van der Waals surface area contributed by atoms with Gasteiger partial charge in [-0.3, -0.25) is 24.6 Å². The van der Waals surface area contributed by atoms with Crippen LogP contribution in [-0.2, 0) is 32.6 Å². The molecule has 4 N–H and O–H groups in total. The average molecular weight is 1260 g/mol. The summed E-state index contributed by atoms with van der Waals surface area (Å²) in [6, 6.07) is 13.2. The lowest BCUT2D eigenvalue weighted by molar-refractivity contribution is -0.121. The number of sulfonamides is 1. The van der Waals surface area contributed by atoms with Crippen LogP contribution in [0.25, 0.3) is 0 Å². The van der Waals surface area contributed by atoms with Gasteiger partial charge in [0.15, 0.2) is 22.3 Å². The van der Waals surface area contributed by atoms with Gasteiger partial charge in [0, 0.05) is 63.4 Å². The monoisotopic (exact) mass is 1260 g/mol. The Morgan fingerprint density at radius 2 is 1.67 bits per heavy atom. The lowest BCUT2D eigenvalue weighted by atomic mass is 9.92. The fourth-order valence-corrected chi connectivity index (χ4v) is 10.0. The third-order valence-electron chi connectivity index (χ3n) is 11.5. The van der Waals surface area contributed by atoms with Gasteiger partial charge >= 0.3 is 6.03 Å². The van der Waals surface area contributed by atoms with E-state index in [1.54, 1.807) is 9.62 Å². The van der Waals surface area contributed by atoms with Crippen LogP contribution in [0.3, 0.4) is 0 Å². The van der Waals surface area contributed by atoms with Crippen molar-refractivity contribution in [3.63, 3.8) is 0 Å². The molecule has 84 heavy (non-hydrogen) atoms. The number of aromatic nitrogens is 8. The number of alkyl halides is 2. The highest BCUT2D eigenvalue weighted by Crippen LogP contribution is 2.38. The number of benzene rings is 2. The van der Waals surface area contributed by atoms with Gasteiger partial charge in [-0.1, -0.05) is 55.1 Å². The number of hydrogen-bond donors (Lipinski definition) is 4. The number of anilines is 5. The number of ether oxygens (including phenoxy) is 4. The highest BCUT2D eigenvalue weighted by atomic mass is 35.5. The molecule has 2 aromatic carbocycles. The van der Waals surface area contributed by atoms with E-state index in [4.69, 9.17) is 60.2 Å². The number of fused-ring (bicyclic) bond motifs is 3. The van der Waals surface area contributed by atoms with Crippen molar-refractivity contribution in [3.8, 4) is 35.6 Å². The molecule has 1 unspecified atom stereocenters. The normalized spacial score (nSPS) is 14.6. The maximum Gasteiger partial charge on any atom is 0.335 e. The van der Waals surface area contributed by atoms with Gasteiger partial charge in [-0.15, -0.1) is 6.42 Å². The highest BCUT2D eigenvalue weighted by molar-refractivity contribution is 7.90. The Morgan fingerprint density at radius 1 is 0.976 bits per heavy atom. The van der Waals surface area contributed by atoms with E-state index in [0.29, 0.717) is 40.5 Å². The van der Waals surface area contributed by atoms with Gasteiger partial charge in [-0.05, 0) is 75.0 Å². The predicted molar refractivity (Wildman–Crippen MR) is 315 cm³/mol. The molecule has 5 amide bonds. The minimum Gasteiger partial charge on any atom is -0.489 e. The van der Waals surface area contributed by atoms with E-state index in [1.165, 1.54) is 86.2 Å². The van der Waals surface area contributed by atoms with Crippen LogP contribution in [0.5, 0.6) is 23.3 Å². The first-order valence-corrected chi connectivity index (χ1v) is 28.8. The second-order valence-corrected chi connectivity index (χ2v) is 23.0. The fraction of sp³-hybridized carbons (Fsp3) is 0.385. The molecule has 0 spiro atoms. The fourth-order valence-electron chi connectivity index (χ4n) is 7.87. The summed E-state index contributed by atoms with van der Waals surface area (Å²) in [4.78, 5) is 79.9. The maximum atomic E-state index is 14.5. The molecule has 6 aromatic rings. The van der Waals surface area contributed by atoms with Crippen molar-refractivity contribution >= 4 is 115 Å².